The Morgan fingerprint density at radius 2 is 1.97 bits per heavy atom. The first-order chi connectivity index (χ1) is 15.0. The average Bonchev–Trinajstić information content (AvgIpc) is 2.79. The average molecular weight is 417 g/mol. The van der Waals surface area contributed by atoms with Crippen LogP contribution in [0.1, 0.15) is 57.5 Å². The maximum absolute atomic E-state index is 12.9. The van der Waals surface area contributed by atoms with Gasteiger partial charge in [0.05, 0.1) is 19.0 Å². The molecular formula is C25H28N4O2. The first-order valence-electron chi connectivity index (χ1n) is 10.7. The van der Waals surface area contributed by atoms with Gasteiger partial charge in [-0.1, -0.05) is 18.2 Å². The molecule has 0 N–H and O–H groups in total. The van der Waals surface area contributed by atoms with Crippen LogP contribution < -0.4 is 4.74 Å². The van der Waals surface area contributed by atoms with Gasteiger partial charge in [0.1, 0.15) is 11.4 Å². The van der Waals surface area contributed by atoms with E-state index in [-0.39, 0.29) is 11.8 Å². The van der Waals surface area contributed by atoms with Crippen molar-refractivity contribution in [2.75, 3.05) is 20.2 Å². The summed E-state index contributed by atoms with van der Waals surface area (Å²) >= 11 is 0. The maximum Gasteiger partial charge on any atom is 0.274 e. The number of amides is 1. The molecule has 1 aliphatic rings. The zero-order valence-corrected chi connectivity index (χ0v) is 18.3. The molecule has 1 fully saturated rings. The van der Waals surface area contributed by atoms with Gasteiger partial charge in [-0.15, -0.1) is 0 Å². The number of para-hydroxylation sites is 1. The fraction of sp³-hybridized carbons (Fsp3) is 0.360. The zero-order chi connectivity index (χ0) is 21.8. The van der Waals surface area contributed by atoms with E-state index in [1.54, 1.807) is 19.5 Å². The number of ether oxygens (including phenoxy) is 1. The number of nitrogens with zero attached hydrogens (tertiary/aromatic N) is 4. The molecular weight excluding hydrogens is 388 g/mol. The van der Waals surface area contributed by atoms with Gasteiger partial charge in [-0.2, -0.15) is 0 Å². The van der Waals surface area contributed by atoms with Crippen LogP contribution in [0.2, 0.25) is 0 Å². The zero-order valence-electron chi connectivity index (χ0n) is 18.3. The van der Waals surface area contributed by atoms with Crippen molar-refractivity contribution in [1.29, 1.82) is 0 Å². The van der Waals surface area contributed by atoms with Crippen molar-refractivity contribution < 1.29 is 9.53 Å². The lowest BCUT2D eigenvalue weighted by atomic mass is 9.92. The van der Waals surface area contributed by atoms with Crippen LogP contribution >= 0.6 is 0 Å². The van der Waals surface area contributed by atoms with E-state index in [1.807, 2.05) is 36.9 Å². The van der Waals surface area contributed by atoms with Crippen LogP contribution in [0.3, 0.4) is 0 Å². The first-order valence-corrected chi connectivity index (χ1v) is 10.7. The van der Waals surface area contributed by atoms with Crippen LogP contribution in [0, 0.1) is 13.8 Å². The minimum atomic E-state index is -0.0564. The lowest BCUT2D eigenvalue weighted by Crippen LogP contribution is -2.39. The fourth-order valence-electron chi connectivity index (χ4n) is 4.22. The van der Waals surface area contributed by atoms with E-state index >= 15 is 0 Å². The van der Waals surface area contributed by atoms with Gasteiger partial charge in [0, 0.05) is 43.0 Å². The number of piperidine rings is 1. The van der Waals surface area contributed by atoms with E-state index in [9.17, 15) is 4.79 Å². The van der Waals surface area contributed by atoms with E-state index in [2.05, 4.69) is 28.2 Å². The number of pyridine rings is 1. The Balaban J connectivity index is 1.53. The van der Waals surface area contributed by atoms with Gasteiger partial charge < -0.3 is 9.64 Å². The second-order valence-electron chi connectivity index (χ2n) is 8.16. The number of benzene rings is 1. The van der Waals surface area contributed by atoms with Gasteiger partial charge in [0.15, 0.2) is 0 Å². The van der Waals surface area contributed by atoms with Crippen molar-refractivity contribution in [1.82, 2.24) is 19.9 Å². The topological polar surface area (TPSA) is 68.2 Å². The second-order valence-corrected chi connectivity index (χ2v) is 8.16. The Morgan fingerprint density at radius 1 is 1.13 bits per heavy atom. The molecule has 3 aromatic rings. The van der Waals surface area contributed by atoms with Crippen LogP contribution in [0.4, 0.5) is 0 Å². The Hall–Kier alpha value is -3.28. The highest BCUT2D eigenvalue weighted by Crippen LogP contribution is 2.29. The van der Waals surface area contributed by atoms with Crippen molar-refractivity contribution in [2.24, 2.45) is 0 Å². The standard InChI is InChI=1S/C25H28N4O2/c1-17-11-19(12-20-7-4-5-9-24(20)31-3)13-22(28-17)21-8-6-10-29(16-21)25(30)23-15-26-18(2)14-27-23/h4-5,7,9,11,13-15,21H,6,8,10,12,16H2,1-3H3/t21-/m1/s1. The molecule has 6 heteroatoms. The number of hydrogen-bond acceptors (Lipinski definition) is 5. The number of likely N-dealkylation sites (tertiary alicyclic amines) is 1. The quantitative estimate of drug-likeness (QED) is 0.626. The molecule has 1 amide bonds. The predicted octanol–water partition coefficient (Wildman–Crippen LogP) is 4.11. The third kappa shape index (κ3) is 4.90. The molecule has 0 radical (unpaired) electrons. The highest BCUT2D eigenvalue weighted by Gasteiger charge is 2.27. The van der Waals surface area contributed by atoms with Crippen molar-refractivity contribution in [3.05, 3.63) is 82.7 Å². The number of carbonyl (C=O) groups excluding carboxylic acids is 1. The summed E-state index contributed by atoms with van der Waals surface area (Å²) in [7, 11) is 1.70. The minimum absolute atomic E-state index is 0.0564. The van der Waals surface area contributed by atoms with Gasteiger partial charge in [0.2, 0.25) is 0 Å². The maximum atomic E-state index is 12.9. The molecule has 1 saturated heterocycles. The Bertz CT molecular complexity index is 1070. The highest BCUT2D eigenvalue weighted by molar-refractivity contribution is 5.92. The third-order valence-corrected chi connectivity index (χ3v) is 5.75. The van der Waals surface area contributed by atoms with Gasteiger partial charge in [-0.3, -0.25) is 14.8 Å². The van der Waals surface area contributed by atoms with Gasteiger partial charge in [-0.05, 0) is 56.0 Å². The summed E-state index contributed by atoms with van der Waals surface area (Å²) in [5.74, 6) is 1.05. The lowest BCUT2D eigenvalue weighted by molar-refractivity contribution is 0.0699. The SMILES string of the molecule is COc1ccccc1Cc1cc(C)nc([C@@H]2CCCN(C(=O)c3cnc(C)cn3)C2)c1. The number of aryl methyl sites for hydroxylation is 2. The van der Waals surface area contributed by atoms with E-state index in [0.29, 0.717) is 12.2 Å². The van der Waals surface area contributed by atoms with Crippen molar-refractivity contribution in [3.63, 3.8) is 0 Å². The Labute approximate surface area is 183 Å². The molecule has 6 nitrogen and oxygen atoms in total. The van der Waals surface area contributed by atoms with Gasteiger partial charge >= 0.3 is 0 Å². The molecule has 0 saturated carbocycles. The van der Waals surface area contributed by atoms with Crippen LogP contribution in [-0.4, -0.2) is 46.0 Å². The van der Waals surface area contributed by atoms with Crippen LogP contribution in [0.25, 0.3) is 0 Å². The summed E-state index contributed by atoms with van der Waals surface area (Å²) in [4.78, 5) is 28.1. The molecule has 0 unspecified atom stereocenters. The van der Waals surface area contributed by atoms with Crippen molar-refractivity contribution >= 4 is 5.91 Å². The summed E-state index contributed by atoms with van der Waals surface area (Å²) in [6.07, 6.45) is 5.97. The largest absolute Gasteiger partial charge is 0.496 e. The Morgan fingerprint density at radius 3 is 2.74 bits per heavy atom. The van der Waals surface area contributed by atoms with Gasteiger partial charge in [-0.25, -0.2) is 4.98 Å². The highest BCUT2D eigenvalue weighted by atomic mass is 16.5. The predicted molar refractivity (Wildman–Crippen MR) is 119 cm³/mol. The molecule has 0 aliphatic carbocycles. The van der Waals surface area contributed by atoms with E-state index < -0.39 is 0 Å². The number of aromatic nitrogens is 3. The molecule has 4 rings (SSSR count). The summed E-state index contributed by atoms with van der Waals surface area (Å²) in [6.45, 7) is 5.29. The fourth-order valence-corrected chi connectivity index (χ4v) is 4.22. The third-order valence-electron chi connectivity index (χ3n) is 5.75. The number of methoxy groups -OCH3 is 1. The summed E-state index contributed by atoms with van der Waals surface area (Å²) < 4.78 is 5.51. The van der Waals surface area contributed by atoms with Gasteiger partial charge in [0.25, 0.3) is 5.91 Å². The van der Waals surface area contributed by atoms with E-state index in [1.165, 1.54) is 5.56 Å². The molecule has 2 aromatic heterocycles. The molecule has 1 atom stereocenters. The molecule has 3 heterocycles. The Kier molecular flexibility index (Phi) is 6.26. The molecule has 0 spiro atoms. The van der Waals surface area contributed by atoms with Crippen LogP contribution in [0.15, 0.2) is 48.8 Å². The molecule has 160 valence electrons. The second kappa shape index (κ2) is 9.25. The number of hydrogen-bond donors (Lipinski definition) is 0. The summed E-state index contributed by atoms with van der Waals surface area (Å²) in [5.41, 5.74) is 5.62. The molecule has 1 aliphatic heterocycles. The van der Waals surface area contributed by atoms with Crippen LogP contribution in [0.5, 0.6) is 5.75 Å². The monoisotopic (exact) mass is 416 g/mol. The molecule has 0 bridgehead atoms. The minimum Gasteiger partial charge on any atom is -0.496 e. The summed E-state index contributed by atoms with van der Waals surface area (Å²) in [6, 6.07) is 12.4. The number of rotatable bonds is 5. The lowest BCUT2D eigenvalue weighted by Gasteiger charge is -2.32. The van der Waals surface area contributed by atoms with Crippen molar-refractivity contribution in [2.45, 2.75) is 39.0 Å². The molecule has 1 aromatic carbocycles. The smallest absolute Gasteiger partial charge is 0.274 e. The summed E-state index contributed by atoms with van der Waals surface area (Å²) in [5, 5.41) is 0. The van der Waals surface area contributed by atoms with E-state index in [0.717, 1.165) is 54.2 Å². The van der Waals surface area contributed by atoms with E-state index in [4.69, 9.17) is 9.72 Å². The molecule has 31 heavy (non-hydrogen) atoms. The number of carbonyl (C=O) groups is 1. The van der Waals surface area contributed by atoms with Crippen LogP contribution in [-0.2, 0) is 6.42 Å². The normalized spacial score (nSPS) is 16.2. The first kappa shape index (κ1) is 21.0. The van der Waals surface area contributed by atoms with Crippen molar-refractivity contribution in [3.8, 4) is 5.75 Å².